The van der Waals surface area contributed by atoms with Gasteiger partial charge in [0, 0.05) is 19.8 Å². The number of hydrogen-bond donors (Lipinski definition) is 2. The highest BCUT2D eigenvalue weighted by Gasteiger charge is 2.20. The van der Waals surface area contributed by atoms with Crippen molar-refractivity contribution in [1.29, 1.82) is 0 Å². The van der Waals surface area contributed by atoms with Crippen LogP contribution in [0.15, 0.2) is 35.4 Å². The molecular weight excluding hydrogens is 271 g/mol. The number of rotatable bonds is 4. The lowest BCUT2D eigenvalue weighted by atomic mass is 10.2. The van der Waals surface area contributed by atoms with Crippen LogP contribution in [0.5, 0.6) is 0 Å². The van der Waals surface area contributed by atoms with E-state index in [1.807, 2.05) is 0 Å². The predicted molar refractivity (Wildman–Crippen MR) is 68.0 cm³/mol. The average Bonchev–Trinajstić information content (AvgIpc) is 2.69. The summed E-state index contributed by atoms with van der Waals surface area (Å²) in [7, 11) is -2.15. The number of hydrogen-bond acceptors (Lipinski definition) is 4. The number of nitrogens with one attached hydrogen (secondary N) is 1. The van der Waals surface area contributed by atoms with E-state index in [0.29, 0.717) is 5.56 Å². The summed E-state index contributed by atoms with van der Waals surface area (Å²) in [5, 5.41) is 3.77. The van der Waals surface area contributed by atoms with Crippen LogP contribution in [0.25, 0.3) is 0 Å². The van der Waals surface area contributed by atoms with Crippen molar-refractivity contribution in [3.63, 3.8) is 0 Å². The number of halogens is 1. The standard InChI is InChI=1S/C11H13FN4O2S/c1-16-7-10(11(13)15-16)19(17,18)14-6-8-2-4-9(12)5-3-8/h2-5,7,14H,6H2,1H3,(H2,13,15). The van der Waals surface area contributed by atoms with E-state index in [4.69, 9.17) is 5.73 Å². The van der Waals surface area contributed by atoms with Gasteiger partial charge in [0.15, 0.2) is 5.82 Å². The van der Waals surface area contributed by atoms with Crippen molar-refractivity contribution in [2.45, 2.75) is 11.4 Å². The Bertz CT molecular complexity index is 679. The van der Waals surface area contributed by atoms with E-state index in [1.165, 1.54) is 35.1 Å². The van der Waals surface area contributed by atoms with Gasteiger partial charge in [0.25, 0.3) is 0 Å². The van der Waals surface area contributed by atoms with Crippen molar-refractivity contribution in [2.24, 2.45) is 7.05 Å². The van der Waals surface area contributed by atoms with Crippen LogP contribution in [0.2, 0.25) is 0 Å². The fourth-order valence-electron chi connectivity index (χ4n) is 1.55. The second kappa shape index (κ2) is 4.98. The molecule has 0 saturated heterocycles. The quantitative estimate of drug-likeness (QED) is 0.861. The van der Waals surface area contributed by atoms with Crippen LogP contribution in [0.1, 0.15) is 5.56 Å². The summed E-state index contributed by atoms with van der Waals surface area (Å²) in [6, 6.07) is 5.54. The minimum absolute atomic E-state index is 0.0525. The summed E-state index contributed by atoms with van der Waals surface area (Å²) in [4.78, 5) is -0.0721. The van der Waals surface area contributed by atoms with Gasteiger partial charge in [0.2, 0.25) is 10.0 Å². The number of nitrogens with two attached hydrogens (primary N) is 1. The summed E-state index contributed by atoms with van der Waals surface area (Å²) >= 11 is 0. The van der Waals surface area contributed by atoms with E-state index < -0.39 is 10.0 Å². The Hall–Kier alpha value is -1.93. The topological polar surface area (TPSA) is 90.0 Å². The first kappa shape index (κ1) is 13.5. The van der Waals surface area contributed by atoms with Gasteiger partial charge in [-0.05, 0) is 17.7 Å². The van der Waals surface area contributed by atoms with E-state index in [9.17, 15) is 12.8 Å². The molecule has 0 radical (unpaired) electrons. The van der Waals surface area contributed by atoms with Crippen LogP contribution in [-0.4, -0.2) is 18.2 Å². The number of aryl methyl sites for hydroxylation is 1. The van der Waals surface area contributed by atoms with Gasteiger partial charge in [-0.25, -0.2) is 17.5 Å². The first-order chi connectivity index (χ1) is 8.88. The highest BCUT2D eigenvalue weighted by Crippen LogP contribution is 2.15. The van der Waals surface area contributed by atoms with Crippen LogP contribution < -0.4 is 10.5 Å². The Morgan fingerprint density at radius 2 is 2.00 bits per heavy atom. The molecular formula is C11H13FN4O2S. The summed E-state index contributed by atoms with van der Waals surface area (Å²) in [6.45, 7) is 0.0525. The SMILES string of the molecule is Cn1cc(S(=O)(=O)NCc2ccc(F)cc2)c(N)n1. The van der Waals surface area contributed by atoms with Gasteiger partial charge < -0.3 is 5.73 Å². The Labute approximate surface area is 110 Å². The second-order valence-electron chi connectivity index (χ2n) is 4.00. The Morgan fingerprint density at radius 3 is 2.53 bits per heavy atom. The summed E-state index contributed by atoms with van der Waals surface area (Å²) in [5.74, 6) is -0.433. The third kappa shape index (κ3) is 3.09. The van der Waals surface area contributed by atoms with E-state index in [1.54, 1.807) is 7.05 Å². The van der Waals surface area contributed by atoms with E-state index in [-0.39, 0.29) is 23.1 Å². The number of nitrogen functional groups attached to an aromatic ring is 1. The Kier molecular flexibility index (Phi) is 3.54. The molecule has 0 aliphatic rings. The highest BCUT2D eigenvalue weighted by molar-refractivity contribution is 7.89. The van der Waals surface area contributed by atoms with Gasteiger partial charge >= 0.3 is 0 Å². The maximum Gasteiger partial charge on any atom is 0.246 e. The van der Waals surface area contributed by atoms with E-state index in [0.717, 1.165) is 0 Å². The van der Waals surface area contributed by atoms with Gasteiger partial charge in [0.1, 0.15) is 10.7 Å². The van der Waals surface area contributed by atoms with Crippen molar-refractivity contribution in [1.82, 2.24) is 14.5 Å². The lowest BCUT2D eigenvalue weighted by Gasteiger charge is -2.05. The summed E-state index contributed by atoms with van der Waals surface area (Å²) in [6.07, 6.45) is 1.32. The molecule has 1 aromatic heterocycles. The number of aromatic nitrogens is 2. The van der Waals surface area contributed by atoms with Gasteiger partial charge in [-0.15, -0.1) is 0 Å². The van der Waals surface area contributed by atoms with Gasteiger partial charge in [-0.3, -0.25) is 4.68 Å². The van der Waals surface area contributed by atoms with Gasteiger partial charge in [0.05, 0.1) is 0 Å². The van der Waals surface area contributed by atoms with Crippen molar-refractivity contribution in [2.75, 3.05) is 5.73 Å². The fourth-order valence-corrected chi connectivity index (χ4v) is 2.67. The van der Waals surface area contributed by atoms with Crippen molar-refractivity contribution in [3.05, 3.63) is 41.8 Å². The van der Waals surface area contributed by atoms with Gasteiger partial charge in [-0.1, -0.05) is 12.1 Å². The maximum absolute atomic E-state index is 12.7. The maximum atomic E-state index is 12.7. The molecule has 0 amide bonds. The molecule has 3 N–H and O–H groups in total. The van der Waals surface area contributed by atoms with Crippen LogP contribution in [0.4, 0.5) is 10.2 Å². The first-order valence-corrected chi connectivity index (χ1v) is 6.90. The van der Waals surface area contributed by atoms with Crippen LogP contribution in [-0.2, 0) is 23.6 Å². The second-order valence-corrected chi connectivity index (χ2v) is 5.74. The smallest absolute Gasteiger partial charge is 0.246 e. The number of sulfonamides is 1. The molecule has 8 heteroatoms. The molecule has 0 fully saturated rings. The summed E-state index contributed by atoms with van der Waals surface area (Å²) < 4.78 is 40.4. The number of anilines is 1. The molecule has 0 aliphatic carbocycles. The molecule has 0 aliphatic heterocycles. The van der Waals surface area contributed by atoms with Crippen molar-refractivity contribution >= 4 is 15.8 Å². The molecule has 2 aromatic rings. The van der Waals surface area contributed by atoms with Crippen molar-refractivity contribution < 1.29 is 12.8 Å². The zero-order chi connectivity index (χ0) is 14.0. The third-order valence-electron chi connectivity index (χ3n) is 2.49. The minimum atomic E-state index is -3.73. The van der Waals surface area contributed by atoms with E-state index in [2.05, 4.69) is 9.82 Å². The Balaban J connectivity index is 2.14. The third-order valence-corrected chi connectivity index (χ3v) is 3.91. The molecule has 0 saturated carbocycles. The average molecular weight is 284 g/mol. The molecule has 0 unspecified atom stereocenters. The van der Waals surface area contributed by atoms with E-state index >= 15 is 0 Å². The van der Waals surface area contributed by atoms with Crippen LogP contribution in [0.3, 0.4) is 0 Å². The lowest BCUT2D eigenvalue weighted by Crippen LogP contribution is -2.23. The molecule has 19 heavy (non-hydrogen) atoms. The Morgan fingerprint density at radius 1 is 1.37 bits per heavy atom. The monoisotopic (exact) mass is 284 g/mol. The predicted octanol–water partition coefficient (Wildman–Crippen LogP) is 0.620. The number of nitrogens with zero attached hydrogens (tertiary/aromatic N) is 2. The lowest BCUT2D eigenvalue weighted by molar-refractivity contribution is 0.581. The zero-order valence-electron chi connectivity index (χ0n) is 10.2. The normalized spacial score (nSPS) is 11.7. The summed E-state index contributed by atoms with van der Waals surface area (Å²) in [5.41, 5.74) is 6.16. The molecule has 1 heterocycles. The minimum Gasteiger partial charge on any atom is -0.381 e. The van der Waals surface area contributed by atoms with Crippen LogP contribution in [0, 0.1) is 5.82 Å². The molecule has 102 valence electrons. The van der Waals surface area contributed by atoms with Crippen molar-refractivity contribution in [3.8, 4) is 0 Å². The molecule has 2 rings (SSSR count). The zero-order valence-corrected chi connectivity index (χ0v) is 11.0. The number of benzene rings is 1. The molecule has 6 nitrogen and oxygen atoms in total. The largest absolute Gasteiger partial charge is 0.381 e. The molecule has 0 bridgehead atoms. The first-order valence-electron chi connectivity index (χ1n) is 5.42. The highest BCUT2D eigenvalue weighted by atomic mass is 32.2. The van der Waals surface area contributed by atoms with Gasteiger partial charge in [-0.2, -0.15) is 5.10 Å². The molecule has 0 spiro atoms. The van der Waals surface area contributed by atoms with Crippen LogP contribution >= 0.6 is 0 Å². The molecule has 1 aromatic carbocycles. The molecule has 0 atom stereocenters. The fraction of sp³-hybridized carbons (Fsp3) is 0.182.